The molecule has 0 bridgehead atoms. The lowest BCUT2D eigenvalue weighted by Crippen LogP contribution is -2.56. The first-order valence-corrected chi connectivity index (χ1v) is 10.9. The minimum atomic E-state index is -0.507. The molecule has 1 amide bonds. The summed E-state index contributed by atoms with van der Waals surface area (Å²) in [5.41, 5.74) is -0.507. The highest BCUT2D eigenvalue weighted by Crippen LogP contribution is 2.40. The van der Waals surface area contributed by atoms with Crippen LogP contribution in [0.5, 0.6) is 0 Å². The third-order valence-corrected chi connectivity index (χ3v) is 6.14. The predicted molar refractivity (Wildman–Crippen MR) is 108 cm³/mol. The number of hydrogen-bond acceptors (Lipinski definition) is 4. The van der Waals surface area contributed by atoms with E-state index in [-0.39, 0.29) is 30.4 Å². The molecule has 0 aromatic carbocycles. The monoisotopic (exact) mass is 380 g/mol. The fourth-order valence-electron chi connectivity index (χ4n) is 4.85. The Morgan fingerprint density at radius 3 is 2.41 bits per heavy atom. The molecule has 0 unspecified atom stereocenters. The van der Waals surface area contributed by atoms with Crippen molar-refractivity contribution in [3.05, 3.63) is 0 Å². The van der Waals surface area contributed by atoms with E-state index < -0.39 is 5.60 Å². The third kappa shape index (κ3) is 6.20. The van der Waals surface area contributed by atoms with Crippen LogP contribution < -0.4 is 5.32 Å². The summed E-state index contributed by atoms with van der Waals surface area (Å²) in [5.74, 6) is 2.03. The van der Waals surface area contributed by atoms with E-state index in [4.69, 9.17) is 4.74 Å². The SMILES string of the molecule is CC[C@H]1CN(C(=O)[C@@H](NCC(=O)OC(C)(C)C)C(C)C)C[C@H]2CCCC[C@H]21. The van der Waals surface area contributed by atoms with Gasteiger partial charge in [-0.05, 0) is 57.3 Å². The molecule has 5 heteroatoms. The Kier molecular flexibility index (Phi) is 7.73. The number of nitrogens with one attached hydrogen (secondary N) is 1. The quantitative estimate of drug-likeness (QED) is 0.715. The van der Waals surface area contributed by atoms with Crippen molar-refractivity contribution < 1.29 is 14.3 Å². The molecular weight excluding hydrogens is 340 g/mol. The maximum absolute atomic E-state index is 13.3. The zero-order chi connectivity index (χ0) is 20.2. The second-order valence-electron chi connectivity index (χ2n) is 9.81. The van der Waals surface area contributed by atoms with Gasteiger partial charge >= 0.3 is 5.97 Å². The van der Waals surface area contributed by atoms with Crippen molar-refractivity contribution in [2.24, 2.45) is 23.7 Å². The van der Waals surface area contributed by atoms with Crippen molar-refractivity contribution in [3.8, 4) is 0 Å². The van der Waals surface area contributed by atoms with Crippen molar-refractivity contribution in [2.75, 3.05) is 19.6 Å². The Labute approximate surface area is 165 Å². The molecule has 2 rings (SSSR count). The summed E-state index contributed by atoms with van der Waals surface area (Å²) in [6.45, 7) is 13.7. The molecule has 27 heavy (non-hydrogen) atoms. The van der Waals surface area contributed by atoms with E-state index in [2.05, 4.69) is 17.1 Å². The van der Waals surface area contributed by atoms with Crippen molar-refractivity contribution >= 4 is 11.9 Å². The van der Waals surface area contributed by atoms with Crippen LogP contribution >= 0.6 is 0 Å². The highest BCUT2D eigenvalue weighted by Gasteiger charge is 2.40. The van der Waals surface area contributed by atoms with E-state index in [9.17, 15) is 9.59 Å². The van der Waals surface area contributed by atoms with E-state index in [0.29, 0.717) is 11.8 Å². The maximum atomic E-state index is 13.3. The molecule has 2 fully saturated rings. The van der Waals surface area contributed by atoms with Crippen LogP contribution in [-0.4, -0.2) is 48.1 Å². The highest BCUT2D eigenvalue weighted by atomic mass is 16.6. The van der Waals surface area contributed by atoms with Gasteiger partial charge < -0.3 is 9.64 Å². The van der Waals surface area contributed by atoms with Gasteiger partial charge in [0.05, 0.1) is 12.6 Å². The van der Waals surface area contributed by atoms with Gasteiger partial charge in [0.15, 0.2) is 0 Å². The van der Waals surface area contributed by atoms with E-state index >= 15 is 0 Å². The van der Waals surface area contributed by atoms with Crippen molar-refractivity contribution in [1.82, 2.24) is 10.2 Å². The van der Waals surface area contributed by atoms with Crippen LogP contribution in [-0.2, 0) is 14.3 Å². The molecule has 0 aromatic rings. The summed E-state index contributed by atoms with van der Waals surface area (Å²) >= 11 is 0. The molecule has 5 nitrogen and oxygen atoms in total. The zero-order valence-electron chi connectivity index (χ0n) is 18.2. The second kappa shape index (κ2) is 9.40. The van der Waals surface area contributed by atoms with Gasteiger partial charge in [-0.25, -0.2) is 0 Å². The Balaban J connectivity index is 1.99. The minimum Gasteiger partial charge on any atom is -0.459 e. The molecule has 1 saturated heterocycles. The topological polar surface area (TPSA) is 58.6 Å². The number of nitrogens with zero attached hydrogens (tertiary/aromatic N) is 1. The van der Waals surface area contributed by atoms with Crippen molar-refractivity contribution in [2.45, 2.75) is 85.3 Å². The van der Waals surface area contributed by atoms with Crippen molar-refractivity contribution in [1.29, 1.82) is 0 Å². The summed E-state index contributed by atoms with van der Waals surface area (Å²) in [4.78, 5) is 27.4. The summed E-state index contributed by atoms with van der Waals surface area (Å²) in [5, 5.41) is 3.18. The largest absolute Gasteiger partial charge is 0.459 e. The molecular formula is C22H40N2O3. The standard InChI is InChI=1S/C22H40N2O3/c1-7-16-13-24(14-17-10-8-9-11-18(16)17)21(26)20(15(2)3)23-12-19(25)27-22(4,5)6/h15-18,20,23H,7-14H2,1-6H3/t16-,17+,18-,20-/m0/s1. The lowest BCUT2D eigenvalue weighted by Gasteiger charge is -2.47. The van der Waals surface area contributed by atoms with Crippen LogP contribution in [0.3, 0.4) is 0 Å². The van der Waals surface area contributed by atoms with E-state index in [1.54, 1.807) is 0 Å². The van der Waals surface area contributed by atoms with E-state index in [0.717, 1.165) is 25.4 Å². The number of amides is 1. The average molecular weight is 381 g/mol. The van der Waals surface area contributed by atoms with Crippen LogP contribution in [0, 0.1) is 23.7 Å². The zero-order valence-corrected chi connectivity index (χ0v) is 18.2. The van der Waals surface area contributed by atoms with Crippen LogP contribution in [0.15, 0.2) is 0 Å². The first-order valence-electron chi connectivity index (χ1n) is 10.9. The molecule has 1 aliphatic carbocycles. The van der Waals surface area contributed by atoms with E-state index in [1.165, 1.54) is 25.7 Å². The molecule has 156 valence electrons. The summed E-state index contributed by atoms with van der Waals surface area (Å²) in [6, 6.07) is -0.338. The molecule has 1 saturated carbocycles. The number of esters is 1. The van der Waals surface area contributed by atoms with Gasteiger partial charge in [0.2, 0.25) is 5.91 Å². The molecule has 4 atom stereocenters. The summed E-state index contributed by atoms with van der Waals surface area (Å²) in [6.07, 6.45) is 6.36. The number of rotatable bonds is 6. The van der Waals surface area contributed by atoms with Gasteiger partial charge in [0, 0.05) is 13.1 Å². The molecule has 0 radical (unpaired) electrons. The Morgan fingerprint density at radius 1 is 1.15 bits per heavy atom. The summed E-state index contributed by atoms with van der Waals surface area (Å²) < 4.78 is 5.37. The number of carbonyl (C=O) groups excluding carboxylic acids is 2. The fraction of sp³-hybridized carbons (Fsp3) is 0.909. The molecule has 1 aliphatic heterocycles. The van der Waals surface area contributed by atoms with Gasteiger partial charge in [-0.2, -0.15) is 0 Å². The third-order valence-electron chi connectivity index (χ3n) is 6.14. The lowest BCUT2D eigenvalue weighted by molar-refractivity contribution is -0.154. The number of likely N-dealkylation sites (tertiary alicyclic amines) is 1. The maximum Gasteiger partial charge on any atom is 0.320 e. The van der Waals surface area contributed by atoms with Crippen molar-refractivity contribution in [3.63, 3.8) is 0 Å². The fourth-order valence-corrected chi connectivity index (χ4v) is 4.85. The number of fused-ring (bicyclic) bond motifs is 1. The van der Waals surface area contributed by atoms with Gasteiger partial charge in [-0.1, -0.05) is 40.0 Å². The lowest BCUT2D eigenvalue weighted by atomic mass is 9.69. The number of hydrogen-bond donors (Lipinski definition) is 1. The molecule has 1 N–H and O–H groups in total. The average Bonchev–Trinajstić information content (AvgIpc) is 2.58. The Hall–Kier alpha value is -1.10. The molecule has 0 aromatic heterocycles. The Morgan fingerprint density at radius 2 is 1.81 bits per heavy atom. The van der Waals surface area contributed by atoms with Crippen LogP contribution in [0.4, 0.5) is 0 Å². The first kappa shape index (κ1) is 22.2. The van der Waals surface area contributed by atoms with E-state index in [1.807, 2.05) is 34.6 Å². The van der Waals surface area contributed by atoms with Gasteiger partial charge in [-0.15, -0.1) is 0 Å². The van der Waals surface area contributed by atoms with Crippen LogP contribution in [0.2, 0.25) is 0 Å². The number of ether oxygens (including phenoxy) is 1. The molecule has 2 aliphatic rings. The minimum absolute atomic E-state index is 0.0724. The van der Waals surface area contributed by atoms with Gasteiger partial charge in [0.1, 0.15) is 5.60 Å². The Bertz CT molecular complexity index is 504. The van der Waals surface area contributed by atoms with Gasteiger partial charge in [-0.3, -0.25) is 14.9 Å². The predicted octanol–water partition coefficient (Wildman–Crippen LogP) is 3.62. The smallest absolute Gasteiger partial charge is 0.320 e. The second-order valence-corrected chi connectivity index (χ2v) is 9.81. The van der Waals surface area contributed by atoms with Gasteiger partial charge in [0.25, 0.3) is 0 Å². The first-order chi connectivity index (χ1) is 12.6. The normalized spacial score (nSPS) is 27.2. The highest BCUT2D eigenvalue weighted by molar-refractivity contribution is 5.83. The molecule has 0 spiro atoms. The summed E-state index contributed by atoms with van der Waals surface area (Å²) in [7, 11) is 0. The molecule has 1 heterocycles. The number of piperidine rings is 1. The number of carbonyl (C=O) groups is 2. The van der Waals surface area contributed by atoms with Crippen LogP contribution in [0.1, 0.15) is 73.6 Å². The van der Waals surface area contributed by atoms with Crippen LogP contribution in [0.25, 0.3) is 0 Å².